The van der Waals surface area contributed by atoms with Crippen LogP contribution in [-0.4, -0.2) is 24.1 Å². The number of hydrogen-bond acceptors (Lipinski definition) is 3. The van der Waals surface area contributed by atoms with Crippen LogP contribution >= 0.6 is 12.4 Å². The van der Waals surface area contributed by atoms with Crippen LogP contribution < -0.4 is 10.6 Å². The summed E-state index contributed by atoms with van der Waals surface area (Å²) in [6.07, 6.45) is 2.71. The zero-order valence-electron chi connectivity index (χ0n) is 9.82. The molecule has 0 saturated carbocycles. The van der Waals surface area contributed by atoms with Gasteiger partial charge in [-0.15, -0.1) is 12.4 Å². The second-order valence-electron chi connectivity index (χ2n) is 4.33. The van der Waals surface area contributed by atoms with Crippen molar-refractivity contribution in [2.45, 2.75) is 12.5 Å². The first-order chi connectivity index (χ1) is 8.34. The zero-order valence-corrected chi connectivity index (χ0v) is 10.6. The molecule has 1 atom stereocenters. The van der Waals surface area contributed by atoms with Gasteiger partial charge in [-0.3, -0.25) is 4.98 Å². The van der Waals surface area contributed by atoms with Crippen LogP contribution in [0, 0.1) is 5.82 Å². The minimum Gasteiger partial charge on any atom is -0.380 e. The first-order valence-corrected chi connectivity index (χ1v) is 5.85. The third kappa shape index (κ3) is 2.40. The second-order valence-corrected chi connectivity index (χ2v) is 4.33. The van der Waals surface area contributed by atoms with E-state index >= 15 is 0 Å². The van der Waals surface area contributed by atoms with Gasteiger partial charge in [0.25, 0.3) is 0 Å². The lowest BCUT2D eigenvalue weighted by Crippen LogP contribution is -2.22. The third-order valence-corrected chi connectivity index (χ3v) is 3.14. The smallest absolute Gasteiger partial charge is 0.149 e. The fourth-order valence-corrected chi connectivity index (χ4v) is 2.26. The number of hydrogen-bond donors (Lipinski definition) is 2. The molecule has 1 unspecified atom stereocenters. The highest BCUT2D eigenvalue weighted by Crippen LogP contribution is 2.25. The molecule has 1 saturated heterocycles. The Morgan fingerprint density at radius 3 is 3.00 bits per heavy atom. The van der Waals surface area contributed by atoms with Gasteiger partial charge in [0.05, 0.1) is 0 Å². The summed E-state index contributed by atoms with van der Waals surface area (Å²) < 4.78 is 13.6. The van der Waals surface area contributed by atoms with Crippen molar-refractivity contribution in [3.63, 3.8) is 0 Å². The average molecular weight is 268 g/mol. The van der Waals surface area contributed by atoms with Crippen molar-refractivity contribution >= 4 is 29.0 Å². The molecule has 3 rings (SSSR count). The number of pyridine rings is 1. The van der Waals surface area contributed by atoms with Crippen LogP contribution in [0.4, 0.5) is 10.1 Å². The monoisotopic (exact) mass is 267 g/mol. The SMILES string of the molecule is Cl.Fc1ccc(NC2CCNC2)c2cccnc12. The molecule has 2 aromatic rings. The van der Waals surface area contributed by atoms with E-state index in [-0.39, 0.29) is 18.2 Å². The predicted molar refractivity (Wildman–Crippen MR) is 73.8 cm³/mol. The summed E-state index contributed by atoms with van der Waals surface area (Å²) in [7, 11) is 0. The van der Waals surface area contributed by atoms with E-state index in [1.54, 1.807) is 12.3 Å². The molecule has 1 aliphatic rings. The summed E-state index contributed by atoms with van der Waals surface area (Å²) in [5, 5.41) is 7.59. The molecule has 18 heavy (non-hydrogen) atoms. The molecule has 0 spiro atoms. The van der Waals surface area contributed by atoms with Gasteiger partial charge in [-0.1, -0.05) is 0 Å². The van der Waals surface area contributed by atoms with Gasteiger partial charge in [0.1, 0.15) is 11.3 Å². The third-order valence-electron chi connectivity index (χ3n) is 3.14. The molecule has 2 heterocycles. The van der Waals surface area contributed by atoms with Gasteiger partial charge in [-0.05, 0) is 37.2 Å². The van der Waals surface area contributed by atoms with E-state index in [1.165, 1.54) is 6.07 Å². The summed E-state index contributed by atoms with van der Waals surface area (Å²) in [4.78, 5) is 4.09. The van der Waals surface area contributed by atoms with Crippen molar-refractivity contribution in [1.29, 1.82) is 0 Å². The number of nitrogens with zero attached hydrogens (tertiary/aromatic N) is 1. The molecule has 3 nitrogen and oxygen atoms in total. The molecular formula is C13H15ClFN3. The van der Waals surface area contributed by atoms with Gasteiger partial charge < -0.3 is 10.6 Å². The van der Waals surface area contributed by atoms with Gasteiger partial charge in [0, 0.05) is 29.9 Å². The number of aromatic nitrogens is 1. The molecule has 1 aliphatic heterocycles. The number of benzene rings is 1. The number of anilines is 1. The molecule has 5 heteroatoms. The molecule has 96 valence electrons. The summed E-state index contributed by atoms with van der Waals surface area (Å²) in [5.74, 6) is -0.268. The standard InChI is InChI=1S/C13H14FN3.ClH/c14-11-3-4-12(17-9-5-7-15-8-9)10-2-1-6-16-13(10)11;/h1-4,6,9,15,17H,5,7-8H2;1H. The number of fused-ring (bicyclic) bond motifs is 1. The summed E-state index contributed by atoms with van der Waals surface area (Å²) in [6.45, 7) is 1.99. The van der Waals surface area contributed by atoms with Crippen LogP contribution in [0.2, 0.25) is 0 Å². The van der Waals surface area contributed by atoms with Crippen molar-refractivity contribution in [1.82, 2.24) is 10.3 Å². The lowest BCUT2D eigenvalue weighted by molar-refractivity contribution is 0.637. The number of halogens is 2. The average Bonchev–Trinajstić information content (AvgIpc) is 2.86. The van der Waals surface area contributed by atoms with Crippen molar-refractivity contribution < 1.29 is 4.39 Å². The molecule has 0 bridgehead atoms. The van der Waals surface area contributed by atoms with Gasteiger partial charge in [-0.2, -0.15) is 0 Å². The molecule has 2 N–H and O–H groups in total. The van der Waals surface area contributed by atoms with Crippen LogP contribution in [0.5, 0.6) is 0 Å². The summed E-state index contributed by atoms with van der Waals surface area (Å²) in [5.41, 5.74) is 1.40. The van der Waals surface area contributed by atoms with E-state index in [1.807, 2.05) is 12.1 Å². The molecule has 0 amide bonds. The lowest BCUT2D eigenvalue weighted by atomic mass is 10.1. The van der Waals surface area contributed by atoms with E-state index < -0.39 is 0 Å². The summed E-state index contributed by atoms with van der Waals surface area (Å²) >= 11 is 0. The highest BCUT2D eigenvalue weighted by atomic mass is 35.5. The van der Waals surface area contributed by atoms with E-state index in [2.05, 4.69) is 15.6 Å². The zero-order chi connectivity index (χ0) is 11.7. The number of nitrogens with one attached hydrogen (secondary N) is 2. The predicted octanol–water partition coefficient (Wildman–Crippen LogP) is 2.57. The van der Waals surface area contributed by atoms with E-state index in [0.29, 0.717) is 11.6 Å². The molecule has 0 radical (unpaired) electrons. The Labute approximate surface area is 111 Å². The van der Waals surface area contributed by atoms with Crippen LogP contribution in [-0.2, 0) is 0 Å². The molecule has 1 aromatic carbocycles. The minimum absolute atomic E-state index is 0. The van der Waals surface area contributed by atoms with Crippen molar-refractivity contribution in [3.05, 3.63) is 36.3 Å². The maximum Gasteiger partial charge on any atom is 0.149 e. The fourth-order valence-electron chi connectivity index (χ4n) is 2.26. The van der Waals surface area contributed by atoms with Crippen LogP contribution in [0.3, 0.4) is 0 Å². The van der Waals surface area contributed by atoms with Gasteiger partial charge in [0.15, 0.2) is 0 Å². The largest absolute Gasteiger partial charge is 0.380 e. The Hall–Kier alpha value is -1.39. The van der Waals surface area contributed by atoms with Gasteiger partial charge in [-0.25, -0.2) is 4.39 Å². The van der Waals surface area contributed by atoms with Crippen LogP contribution in [0.1, 0.15) is 6.42 Å². The molecule has 0 aliphatic carbocycles. The van der Waals surface area contributed by atoms with E-state index in [9.17, 15) is 4.39 Å². The highest BCUT2D eigenvalue weighted by molar-refractivity contribution is 5.91. The molecule has 1 aromatic heterocycles. The lowest BCUT2D eigenvalue weighted by Gasteiger charge is -2.14. The molecule has 1 fully saturated rings. The van der Waals surface area contributed by atoms with Gasteiger partial charge >= 0.3 is 0 Å². The maximum absolute atomic E-state index is 13.6. The van der Waals surface area contributed by atoms with E-state index in [4.69, 9.17) is 0 Å². The Bertz CT molecular complexity index is 541. The van der Waals surface area contributed by atoms with Crippen molar-refractivity contribution in [3.8, 4) is 0 Å². The number of rotatable bonds is 2. The van der Waals surface area contributed by atoms with Crippen LogP contribution in [0.25, 0.3) is 10.9 Å². The summed E-state index contributed by atoms with van der Waals surface area (Å²) in [6, 6.07) is 7.41. The van der Waals surface area contributed by atoms with Gasteiger partial charge in [0.2, 0.25) is 0 Å². The first kappa shape index (κ1) is 13.1. The maximum atomic E-state index is 13.6. The van der Waals surface area contributed by atoms with E-state index in [0.717, 1.165) is 30.6 Å². The van der Waals surface area contributed by atoms with Crippen molar-refractivity contribution in [2.24, 2.45) is 0 Å². The highest BCUT2D eigenvalue weighted by Gasteiger charge is 2.15. The fraction of sp³-hybridized carbons (Fsp3) is 0.308. The molecular weight excluding hydrogens is 253 g/mol. The quantitative estimate of drug-likeness (QED) is 0.878. The topological polar surface area (TPSA) is 37.0 Å². The minimum atomic E-state index is -0.268. The Morgan fingerprint density at radius 2 is 2.22 bits per heavy atom. The Kier molecular flexibility index (Phi) is 3.99. The second kappa shape index (κ2) is 5.50. The Balaban J connectivity index is 0.00000120. The Morgan fingerprint density at radius 1 is 1.33 bits per heavy atom. The van der Waals surface area contributed by atoms with Crippen LogP contribution in [0.15, 0.2) is 30.5 Å². The van der Waals surface area contributed by atoms with Crippen molar-refractivity contribution in [2.75, 3.05) is 18.4 Å². The first-order valence-electron chi connectivity index (χ1n) is 5.85. The normalized spacial score (nSPS) is 18.6.